The summed E-state index contributed by atoms with van der Waals surface area (Å²) in [5.74, 6) is 2.21. The Hall–Kier alpha value is -0.790. The Labute approximate surface area is 253 Å². The highest BCUT2D eigenvalue weighted by molar-refractivity contribution is 4.90. The van der Waals surface area contributed by atoms with Gasteiger partial charge in [-0.3, -0.25) is 0 Å². The fourth-order valence-electron chi connectivity index (χ4n) is 6.67. The standard InChI is InChI=1S/C38H74N2/c1-5-8-10-12-14-16-18-19-20-22-23-25-27-29-32-36(4)40-35-34-39-38(40)37(31-7-3)33-30-28-26-24-21-17-15-13-11-9-6-2/h34-37H,5-33H2,1-4H3/p+1. The van der Waals surface area contributed by atoms with E-state index in [1.54, 1.807) is 0 Å². The van der Waals surface area contributed by atoms with Crippen LogP contribution in [0.5, 0.6) is 0 Å². The predicted molar refractivity (Wildman–Crippen MR) is 179 cm³/mol. The zero-order valence-electron chi connectivity index (χ0n) is 28.3. The first kappa shape index (κ1) is 37.2. The molecule has 2 atom stereocenters. The van der Waals surface area contributed by atoms with Crippen LogP contribution < -0.4 is 4.57 Å². The fourth-order valence-corrected chi connectivity index (χ4v) is 6.67. The molecule has 0 bridgehead atoms. The summed E-state index contributed by atoms with van der Waals surface area (Å²) >= 11 is 0. The molecule has 236 valence electrons. The van der Waals surface area contributed by atoms with Gasteiger partial charge < -0.3 is 0 Å². The SMILES string of the molecule is CCCCCCCCCCCCCCCCC(C)[n+]1cc[nH]c1C(CCC)CCCCCCCCCCCCC. The molecule has 2 nitrogen and oxygen atoms in total. The van der Waals surface area contributed by atoms with Gasteiger partial charge in [0, 0.05) is 0 Å². The number of imidazole rings is 1. The van der Waals surface area contributed by atoms with E-state index >= 15 is 0 Å². The van der Waals surface area contributed by atoms with E-state index in [1.165, 1.54) is 192 Å². The normalized spacial score (nSPS) is 13.2. The molecule has 1 aromatic heterocycles. The quantitative estimate of drug-likeness (QED) is 0.0689. The monoisotopic (exact) mass is 560 g/mol. The number of nitrogens with one attached hydrogen (secondary N) is 1. The molecule has 0 spiro atoms. The van der Waals surface area contributed by atoms with E-state index < -0.39 is 0 Å². The molecule has 0 saturated carbocycles. The number of unbranched alkanes of at least 4 members (excludes halogenated alkanes) is 23. The van der Waals surface area contributed by atoms with Crippen molar-refractivity contribution < 1.29 is 4.57 Å². The Balaban J connectivity index is 2.14. The number of nitrogens with zero attached hydrogens (tertiary/aromatic N) is 1. The lowest BCUT2D eigenvalue weighted by atomic mass is 9.94. The molecular weight excluding hydrogens is 484 g/mol. The molecule has 0 aliphatic rings. The van der Waals surface area contributed by atoms with Crippen molar-refractivity contribution in [3.63, 3.8) is 0 Å². The molecule has 2 unspecified atom stereocenters. The summed E-state index contributed by atoms with van der Waals surface area (Å²) in [5, 5.41) is 0. The minimum absolute atomic E-state index is 0.621. The lowest BCUT2D eigenvalue weighted by Crippen LogP contribution is -2.41. The van der Waals surface area contributed by atoms with Gasteiger partial charge in [-0.25, -0.2) is 9.55 Å². The number of hydrogen-bond acceptors (Lipinski definition) is 0. The van der Waals surface area contributed by atoms with Crippen LogP contribution in [0.15, 0.2) is 12.4 Å². The van der Waals surface area contributed by atoms with E-state index in [2.05, 4.69) is 49.6 Å². The highest BCUT2D eigenvalue weighted by atomic mass is 15.1. The van der Waals surface area contributed by atoms with Crippen molar-refractivity contribution in [3.8, 4) is 0 Å². The maximum Gasteiger partial charge on any atom is 0.257 e. The Bertz CT molecular complexity index is 621. The maximum atomic E-state index is 3.68. The van der Waals surface area contributed by atoms with Crippen LogP contribution in [0.3, 0.4) is 0 Å². The third-order valence-electron chi connectivity index (χ3n) is 9.37. The molecule has 1 rings (SSSR count). The van der Waals surface area contributed by atoms with Gasteiger partial charge in [-0.2, -0.15) is 0 Å². The summed E-state index contributed by atoms with van der Waals surface area (Å²) in [6, 6.07) is 0.621. The van der Waals surface area contributed by atoms with Gasteiger partial charge in [0.05, 0.1) is 12.0 Å². The molecular formula is C38H75N2+. The Kier molecular flexibility index (Phi) is 26.4. The summed E-state index contributed by atoms with van der Waals surface area (Å²) < 4.78 is 2.60. The molecule has 0 amide bonds. The second-order valence-electron chi connectivity index (χ2n) is 13.3. The number of hydrogen-bond donors (Lipinski definition) is 1. The van der Waals surface area contributed by atoms with E-state index in [9.17, 15) is 0 Å². The summed E-state index contributed by atoms with van der Waals surface area (Å²) in [4.78, 5) is 3.68. The molecule has 0 aromatic carbocycles. The maximum absolute atomic E-state index is 3.68. The number of rotatable bonds is 31. The van der Waals surface area contributed by atoms with Crippen LogP contribution in [-0.4, -0.2) is 4.98 Å². The first-order chi connectivity index (χ1) is 19.7. The molecule has 0 radical (unpaired) electrons. The first-order valence-electron chi connectivity index (χ1n) is 18.8. The predicted octanol–water partition coefficient (Wildman–Crippen LogP) is 13.3. The largest absolute Gasteiger partial charge is 0.257 e. The second-order valence-corrected chi connectivity index (χ2v) is 13.3. The molecule has 0 saturated heterocycles. The average molecular weight is 560 g/mol. The summed E-state index contributed by atoms with van der Waals surface area (Å²) in [6.07, 6.45) is 45.8. The Morgan fingerprint density at radius 2 is 0.850 bits per heavy atom. The number of H-pyrrole nitrogens is 1. The lowest BCUT2D eigenvalue weighted by Gasteiger charge is -2.16. The van der Waals surface area contributed by atoms with E-state index in [0.717, 1.165) is 0 Å². The van der Waals surface area contributed by atoms with Crippen molar-refractivity contribution in [1.29, 1.82) is 0 Å². The van der Waals surface area contributed by atoms with Crippen LogP contribution in [0, 0.1) is 0 Å². The smallest absolute Gasteiger partial charge is 0.247 e. The Morgan fingerprint density at radius 1 is 0.475 bits per heavy atom. The van der Waals surface area contributed by atoms with Gasteiger partial charge in [-0.15, -0.1) is 0 Å². The van der Waals surface area contributed by atoms with Crippen molar-refractivity contribution in [2.24, 2.45) is 0 Å². The minimum atomic E-state index is 0.621. The van der Waals surface area contributed by atoms with Crippen LogP contribution in [0.1, 0.15) is 232 Å². The van der Waals surface area contributed by atoms with Gasteiger partial charge in [-0.1, -0.05) is 181 Å². The highest BCUT2D eigenvalue weighted by Gasteiger charge is 2.24. The van der Waals surface area contributed by atoms with E-state index in [0.29, 0.717) is 12.0 Å². The molecule has 2 heteroatoms. The third-order valence-corrected chi connectivity index (χ3v) is 9.37. The van der Waals surface area contributed by atoms with Gasteiger partial charge in [0.25, 0.3) is 5.82 Å². The summed E-state index contributed by atoms with van der Waals surface area (Å²) in [5.41, 5.74) is 0. The zero-order valence-corrected chi connectivity index (χ0v) is 28.3. The van der Waals surface area contributed by atoms with Crippen molar-refractivity contribution in [1.82, 2.24) is 4.98 Å². The average Bonchev–Trinajstić information content (AvgIpc) is 3.45. The summed E-state index contributed by atoms with van der Waals surface area (Å²) in [7, 11) is 0. The van der Waals surface area contributed by atoms with E-state index in [4.69, 9.17) is 0 Å². The van der Waals surface area contributed by atoms with Gasteiger partial charge in [0.2, 0.25) is 0 Å². The molecule has 1 heterocycles. The van der Waals surface area contributed by atoms with Crippen molar-refractivity contribution >= 4 is 0 Å². The first-order valence-corrected chi connectivity index (χ1v) is 18.8. The molecule has 1 N–H and O–H groups in total. The third kappa shape index (κ3) is 20.1. The van der Waals surface area contributed by atoms with Crippen molar-refractivity contribution in [3.05, 3.63) is 18.2 Å². The van der Waals surface area contributed by atoms with Gasteiger partial charge in [-0.05, 0) is 32.6 Å². The second kappa shape index (κ2) is 28.3. The molecule has 0 aliphatic heterocycles. The van der Waals surface area contributed by atoms with Crippen molar-refractivity contribution in [2.75, 3.05) is 0 Å². The van der Waals surface area contributed by atoms with E-state index in [-0.39, 0.29) is 0 Å². The molecule has 0 aliphatic carbocycles. The number of aromatic amines is 1. The molecule has 40 heavy (non-hydrogen) atoms. The fraction of sp³-hybridized carbons (Fsp3) is 0.921. The summed E-state index contributed by atoms with van der Waals surface area (Å²) in [6.45, 7) is 9.42. The van der Waals surface area contributed by atoms with Crippen molar-refractivity contribution in [2.45, 2.75) is 226 Å². The lowest BCUT2D eigenvalue weighted by molar-refractivity contribution is -0.727. The van der Waals surface area contributed by atoms with Crippen LogP contribution in [0.4, 0.5) is 0 Å². The highest BCUT2D eigenvalue weighted by Crippen LogP contribution is 2.26. The Morgan fingerprint density at radius 3 is 1.25 bits per heavy atom. The minimum Gasteiger partial charge on any atom is -0.247 e. The van der Waals surface area contributed by atoms with Crippen LogP contribution in [0.25, 0.3) is 0 Å². The number of aromatic nitrogens is 2. The van der Waals surface area contributed by atoms with E-state index in [1.807, 2.05) is 0 Å². The molecule has 0 fully saturated rings. The van der Waals surface area contributed by atoms with Crippen LogP contribution in [-0.2, 0) is 0 Å². The van der Waals surface area contributed by atoms with Crippen LogP contribution in [0.2, 0.25) is 0 Å². The molecule has 1 aromatic rings. The van der Waals surface area contributed by atoms with Crippen LogP contribution >= 0.6 is 0 Å². The van der Waals surface area contributed by atoms with Gasteiger partial charge >= 0.3 is 0 Å². The topological polar surface area (TPSA) is 19.7 Å². The van der Waals surface area contributed by atoms with Gasteiger partial charge in [0.1, 0.15) is 12.4 Å². The zero-order chi connectivity index (χ0) is 28.9. The van der Waals surface area contributed by atoms with Gasteiger partial charge in [0.15, 0.2) is 0 Å².